The van der Waals surface area contributed by atoms with E-state index in [1.54, 1.807) is 6.26 Å². The van der Waals surface area contributed by atoms with Gasteiger partial charge in [0.05, 0.1) is 40.1 Å². The monoisotopic (exact) mass is 811 g/mol. The zero-order valence-corrected chi connectivity index (χ0v) is 37.4. The van der Waals surface area contributed by atoms with Gasteiger partial charge in [-0.3, -0.25) is 13.8 Å². The first-order chi connectivity index (χ1) is 27.0. The topological polar surface area (TPSA) is 112 Å². The molecule has 0 aliphatic heterocycles. The van der Waals surface area contributed by atoms with E-state index in [2.05, 4.69) is 55.5 Å². The first kappa shape index (κ1) is 54.0. The maximum Gasteiger partial charge on any atom is 0.472 e. The van der Waals surface area contributed by atoms with E-state index >= 15 is 0 Å². The molecule has 0 aliphatic carbocycles. The number of ether oxygens (including phenoxy) is 2. The van der Waals surface area contributed by atoms with Gasteiger partial charge in [-0.05, 0) is 70.3 Å². The molecule has 9 nitrogen and oxygen atoms in total. The second kappa shape index (κ2) is 38.5. The van der Waals surface area contributed by atoms with Crippen LogP contribution in [0.25, 0.3) is 0 Å². The highest BCUT2D eigenvalue weighted by Gasteiger charge is 2.26. The van der Waals surface area contributed by atoms with Gasteiger partial charge in [-0.1, -0.05) is 146 Å². The summed E-state index contributed by atoms with van der Waals surface area (Å²) in [6, 6.07) is 0. The van der Waals surface area contributed by atoms with E-state index in [1.807, 2.05) is 34.1 Å². The summed E-state index contributed by atoms with van der Waals surface area (Å²) in [7, 11) is 1.57. The van der Waals surface area contributed by atoms with E-state index in [4.69, 9.17) is 18.5 Å². The second-order valence-corrected chi connectivity index (χ2v) is 17.4. The summed E-state index contributed by atoms with van der Waals surface area (Å²) >= 11 is 0. The van der Waals surface area contributed by atoms with Crippen molar-refractivity contribution in [1.82, 2.24) is 0 Å². The molecule has 0 aromatic carbocycles. The smallest absolute Gasteiger partial charge is 0.472 e. The average Bonchev–Trinajstić information content (AvgIpc) is 3.15. The highest BCUT2D eigenvalue weighted by atomic mass is 31.2. The molecular weight excluding hydrogens is 725 g/mol. The molecule has 0 aromatic rings. The van der Waals surface area contributed by atoms with Crippen molar-refractivity contribution in [2.45, 2.75) is 180 Å². The van der Waals surface area contributed by atoms with Crippen LogP contribution in [0.5, 0.6) is 0 Å². The molecule has 0 heterocycles. The molecule has 0 aromatic heterocycles. The number of hydrogen-bond donors (Lipinski definition) is 2. The maximum absolute atomic E-state index is 12.7. The van der Waals surface area contributed by atoms with Crippen LogP contribution in [0.15, 0.2) is 60.9 Å². The summed E-state index contributed by atoms with van der Waals surface area (Å²) in [5, 5.41) is 9.57. The SMILES string of the molecule is CCCCCCCCCCCCCCCC/C=C/OC[C@H](COP(=O)(O)OCC[N+](C)(C)C)OC(=O)CCC/C=C\C/C=C\C/C=C\C/C=C\CC[C@H](O)CC. The number of rotatable bonds is 40. The number of quaternary nitrogens is 1. The number of unbranched alkanes of at least 4 members (excludes halogenated alkanes) is 15. The van der Waals surface area contributed by atoms with Gasteiger partial charge in [-0.25, -0.2) is 4.57 Å². The molecule has 0 aliphatic rings. The molecule has 0 bridgehead atoms. The van der Waals surface area contributed by atoms with Crippen LogP contribution in [-0.2, 0) is 27.9 Å². The quantitative estimate of drug-likeness (QED) is 0.0157. The number of phosphoric acid groups is 1. The molecule has 0 radical (unpaired) electrons. The Bertz CT molecular complexity index is 1100. The minimum atomic E-state index is -4.31. The van der Waals surface area contributed by atoms with Crippen LogP contribution in [0, 0.1) is 0 Å². The standard InChI is InChI=1S/C46H84NO8P/c1-6-8-9-10-11-12-13-14-15-18-21-24-27-30-33-36-40-52-42-45(43-54-56(50,51)53-41-39-47(3,4)5)55-46(49)38-35-32-29-26-23-20-17-16-19-22-25-28-31-34-37-44(48)7-2/h17,19-20,22,26,28-29,31,36,40,44-45,48H,6-16,18,21,23-25,27,30,32-35,37-39,41-43H2,1-5H3/p+1/b20-17-,22-19-,29-26-,31-28-,40-36+/t44-,45-/m1/s1. The van der Waals surface area contributed by atoms with Crippen molar-refractivity contribution in [2.24, 2.45) is 0 Å². The predicted molar refractivity (Wildman–Crippen MR) is 234 cm³/mol. The normalized spacial score (nSPS) is 14.8. The molecule has 56 heavy (non-hydrogen) atoms. The Labute approximate surface area is 343 Å². The second-order valence-electron chi connectivity index (χ2n) is 15.9. The fraction of sp³-hybridized carbons (Fsp3) is 0.761. The highest BCUT2D eigenvalue weighted by Crippen LogP contribution is 2.43. The van der Waals surface area contributed by atoms with Gasteiger partial charge in [0, 0.05) is 6.42 Å². The van der Waals surface area contributed by atoms with Crippen molar-refractivity contribution in [1.29, 1.82) is 0 Å². The van der Waals surface area contributed by atoms with E-state index in [0.717, 1.165) is 57.8 Å². The molecule has 2 N–H and O–H groups in total. The largest absolute Gasteiger partial charge is 0.498 e. The first-order valence-electron chi connectivity index (χ1n) is 22.2. The van der Waals surface area contributed by atoms with Crippen LogP contribution >= 0.6 is 7.82 Å². The lowest BCUT2D eigenvalue weighted by atomic mass is 10.0. The van der Waals surface area contributed by atoms with Gasteiger partial charge in [0.25, 0.3) is 0 Å². The van der Waals surface area contributed by atoms with E-state index in [-0.39, 0.29) is 32.3 Å². The van der Waals surface area contributed by atoms with Crippen LogP contribution in [0.2, 0.25) is 0 Å². The number of aliphatic hydroxyl groups excluding tert-OH is 1. The number of phosphoric ester groups is 1. The highest BCUT2D eigenvalue weighted by molar-refractivity contribution is 7.47. The predicted octanol–water partition coefficient (Wildman–Crippen LogP) is 12.3. The van der Waals surface area contributed by atoms with Gasteiger partial charge in [0.1, 0.15) is 19.8 Å². The molecular formula is C46H85NO8P+. The number of likely N-dealkylation sites (N-methyl/N-ethyl adjacent to an activating group) is 1. The number of allylic oxidation sites excluding steroid dienone is 9. The van der Waals surface area contributed by atoms with Crippen LogP contribution in [0.3, 0.4) is 0 Å². The molecule has 0 spiro atoms. The molecule has 0 saturated heterocycles. The Kier molecular flexibility index (Phi) is 37.1. The van der Waals surface area contributed by atoms with Gasteiger partial charge < -0.3 is 24.0 Å². The van der Waals surface area contributed by atoms with Crippen molar-refractivity contribution < 1.29 is 42.4 Å². The van der Waals surface area contributed by atoms with Crippen molar-refractivity contribution in [3.63, 3.8) is 0 Å². The van der Waals surface area contributed by atoms with Crippen molar-refractivity contribution >= 4 is 13.8 Å². The Morgan fingerprint density at radius 3 is 1.68 bits per heavy atom. The van der Waals surface area contributed by atoms with E-state index in [0.29, 0.717) is 17.4 Å². The number of nitrogens with zero attached hydrogens (tertiary/aromatic N) is 1. The summed E-state index contributed by atoms with van der Waals surface area (Å²) in [6.07, 6.45) is 45.8. The summed E-state index contributed by atoms with van der Waals surface area (Å²) in [5.41, 5.74) is 0. The van der Waals surface area contributed by atoms with Gasteiger partial charge in [-0.15, -0.1) is 0 Å². The number of hydrogen-bond acceptors (Lipinski definition) is 7. The van der Waals surface area contributed by atoms with Gasteiger partial charge in [0.15, 0.2) is 6.10 Å². The summed E-state index contributed by atoms with van der Waals surface area (Å²) < 4.78 is 34.6. The third-order valence-corrected chi connectivity index (χ3v) is 10.3. The maximum atomic E-state index is 12.7. The number of esters is 1. The third-order valence-electron chi connectivity index (χ3n) is 9.31. The third kappa shape index (κ3) is 41.6. The molecule has 0 amide bonds. The van der Waals surface area contributed by atoms with Crippen LogP contribution in [0.4, 0.5) is 0 Å². The Hall–Kier alpha value is -2.00. The minimum Gasteiger partial charge on any atom is -0.498 e. The number of carbonyl (C=O) groups is 1. The lowest BCUT2D eigenvalue weighted by Crippen LogP contribution is -2.37. The molecule has 3 atom stereocenters. The summed E-state index contributed by atoms with van der Waals surface area (Å²) in [5.74, 6) is -0.402. The first-order valence-corrected chi connectivity index (χ1v) is 23.6. The zero-order valence-electron chi connectivity index (χ0n) is 36.5. The van der Waals surface area contributed by atoms with E-state index in [1.165, 1.54) is 83.5 Å². The molecule has 0 rings (SSSR count). The lowest BCUT2D eigenvalue weighted by molar-refractivity contribution is -0.870. The summed E-state index contributed by atoms with van der Waals surface area (Å²) in [4.78, 5) is 22.8. The molecule has 1 unspecified atom stereocenters. The van der Waals surface area contributed by atoms with E-state index in [9.17, 15) is 19.4 Å². The number of aliphatic hydroxyl groups is 1. The van der Waals surface area contributed by atoms with Crippen LogP contribution in [0.1, 0.15) is 168 Å². The fourth-order valence-corrected chi connectivity index (χ4v) is 6.41. The average molecular weight is 811 g/mol. The van der Waals surface area contributed by atoms with Crippen LogP contribution < -0.4 is 0 Å². The van der Waals surface area contributed by atoms with Crippen molar-refractivity contribution in [3.8, 4) is 0 Å². The zero-order chi connectivity index (χ0) is 41.4. The Morgan fingerprint density at radius 2 is 1.14 bits per heavy atom. The van der Waals surface area contributed by atoms with Crippen molar-refractivity contribution in [3.05, 3.63) is 60.9 Å². The fourth-order valence-electron chi connectivity index (χ4n) is 5.67. The van der Waals surface area contributed by atoms with Gasteiger partial charge in [-0.2, -0.15) is 0 Å². The number of carbonyl (C=O) groups excluding carboxylic acids is 1. The molecule has 326 valence electrons. The molecule has 0 saturated carbocycles. The molecule has 10 heteroatoms. The Morgan fingerprint density at radius 1 is 0.643 bits per heavy atom. The Balaban J connectivity index is 4.40. The summed E-state index contributed by atoms with van der Waals surface area (Å²) in [6.45, 7) is 4.57. The van der Waals surface area contributed by atoms with E-state index < -0.39 is 19.9 Å². The minimum absolute atomic E-state index is 0.0159. The lowest BCUT2D eigenvalue weighted by Gasteiger charge is -2.24. The van der Waals surface area contributed by atoms with Gasteiger partial charge in [0.2, 0.25) is 0 Å². The van der Waals surface area contributed by atoms with Gasteiger partial charge >= 0.3 is 13.8 Å². The molecule has 0 fully saturated rings. The van der Waals surface area contributed by atoms with Crippen LogP contribution in [-0.4, -0.2) is 80.2 Å². The van der Waals surface area contributed by atoms with Crippen molar-refractivity contribution in [2.75, 3.05) is 47.5 Å².